The molecule has 0 aliphatic rings. The summed E-state index contributed by atoms with van der Waals surface area (Å²) in [6, 6.07) is 7.58. The van der Waals surface area contributed by atoms with E-state index in [2.05, 4.69) is 29.1 Å². The second-order valence-electron chi connectivity index (χ2n) is 4.79. The van der Waals surface area contributed by atoms with Crippen LogP contribution in [0.3, 0.4) is 0 Å². The Morgan fingerprint density at radius 2 is 2.00 bits per heavy atom. The highest BCUT2D eigenvalue weighted by molar-refractivity contribution is 5.96. The van der Waals surface area contributed by atoms with Crippen LogP contribution in [0.4, 0.5) is 5.69 Å². The molecule has 2 rings (SSSR count). The number of carbonyl (C=O) groups excluding carboxylic acids is 1. The van der Waals surface area contributed by atoms with Crippen LogP contribution in [0.1, 0.15) is 26.7 Å². The van der Waals surface area contributed by atoms with Gasteiger partial charge in [0.05, 0.1) is 6.04 Å². The number of nitrogens with one attached hydrogen (secondary N) is 1. The van der Waals surface area contributed by atoms with Gasteiger partial charge in [-0.15, -0.1) is 24.8 Å². The minimum absolute atomic E-state index is 0. The molecule has 0 aliphatic heterocycles. The predicted octanol–water partition coefficient (Wildman–Crippen LogP) is 3.57. The zero-order valence-electron chi connectivity index (χ0n) is 12.3. The van der Waals surface area contributed by atoms with Crippen LogP contribution < -0.4 is 11.1 Å². The van der Waals surface area contributed by atoms with Crippen molar-refractivity contribution in [2.45, 2.75) is 39.3 Å². The van der Waals surface area contributed by atoms with Crippen LogP contribution in [0, 0.1) is 0 Å². The predicted molar refractivity (Wildman–Crippen MR) is 93.6 cm³/mol. The van der Waals surface area contributed by atoms with Crippen molar-refractivity contribution in [3.05, 3.63) is 30.5 Å². The molecule has 1 heterocycles. The number of carbonyl (C=O) groups is 1. The van der Waals surface area contributed by atoms with Crippen LogP contribution in [-0.4, -0.2) is 16.5 Å². The Labute approximate surface area is 137 Å². The third kappa shape index (κ3) is 4.63. The van der Waals surface area contributed by atoms with Crippen molar-refractivity contribution in [2.75, 3.05) is 5.32 Å². The summed E-state index contributed by atoms with van der Waals surface area (Å²) in [6.45, 7) is 5.07. The molecule has 0 radical (unpaired) electrons. The molecule has 21 heavy (non-hydrogen) atoms. The topological polar surface area (TPSA) is 60.0 Å². The van der Waals surface area contributed by atoms with Crippen molar-refractivity contribution in [1.29, 1.82) is 0 Å². The van der Waals surface area contributed by atoms with E-state index in [-0.39, 0.29) is 30.7 Å². The molecular formula is C15H23Cl2N3O. The summed E-state index contributed by atoms with van der Waals surface area (Å²) in [5.41, 5.74) is 7.70. The van der Waals surface area contributed by atoms with Crippen molar-refractivity contribution >= 4 is 47.3 Å². The first-order chi connectivity index (χ1) is 9.15. The van der Waals surface area contributed by atoms with Crippen LogP contribution in [0.25, 0.3) is 10.9 Å². The summed E-state index contributed by atoms with van der Waals surface area (Å²) in [6.07, 6.45) is 3.83. The van der Waals surface area contributed by atoms with E-state index in [0.29, 0.717) is 6.42 Å². The van der Waals surface area contributed by atoms with Crippen LogP contribution in [-0.2, 0) is 11.3 Å². The van der Waals surface area contributed by atoms with Crippen LogP contribution in [0.2, 0.25) is 0 Å². The summed E-state index contributed by atoms with van der Waals surface area (Å²) >= 11 is 0. The average molecular weight is 332 g/mol. The molecule has 4 nitrogen and oxygen atoms in total. The molecule has 0 saturated heterocycles. The van der Waals surface area contributed by atoms with Gasteiger partial charge >= 0.3 is 0 Å². The lowest BCUT2D eigenvalue weighted by Gasteiger charge is -2.10. The maximum Gasteiger partial charge on any atom is 0.241 e. The Morgan fingerprint density at radius 1 is 1.29 bits per heavy atom. The number of aromatic nitrogens is 1. The van der Waals surface area contributed by atoms with Crippen molar-refractivity contribution in [1.82, 2.24) is 4.57 Å². The molecule has 0 aliphatic carbocycles. The molecule has 0 fully saturated rings. The van der Waals surface area contributed by atoms with Crippen molar-refractivity contribution < 1.29 is 4.79 Å². The minimum atomic E-state index is -0.444. The number of hydrogen-bond acceptors (Lipinski definition) is 2. The van der Waals surface area contributed by atoms with Gasteiger partial charge in [0.2, 0.25) is 5.91 Å². The zero-order valence-corrected chi connectivity index (χ0v) is 14.0. The molecule has 1 atom stereocenters. The van der Waals surface area contributed by atoms with Gasteiger partial charge in [0.1, 0.15) is 0 Å². The Morgan fingerprint density at radius 3 is 2.62 bits per heavy atom. The first kappa shape index (κ1) is 19.8. The number of anilines is 1. The molecule has 1 amide bonds. The lowest BCUT2D eigenvalue weighted by Crippen LogP contribution is -2.34. The SMILES string of the molecule is CCCn1ccc2cc(NC(=O)[C@@H](N)CC)ccc21.Cl.Cl. The second-order valence-corrected chi connectivity index (χ2v) is 4.79. The lowest BCUT2D eigenvalue weighted by atomic mass is 10.2. The number of rotatable bonds is 5. The van der Waals surface area contributed by atoms with Gasteiger partial charge in [-0.25, -0.2) is 0 Å². The number of halogens is 2. The van der Waals surface area contributed by atoms with Crippen LogP contribution in [0.15, 0.2) is 30.5 Å². The monoisotopic (exact) mass is 331 g/mol. The van der Waals surface area contributed by atoms with E-state index in [9.17, 15) is 4.79 Å². The van der Waals surface area contributed by atoms with E-state index >= 15 is 0 Å². The molecule has 1 aromatic heterocycles. The molecule has 3 N–H and O–H groups in total. The summed E-state index contributed by atoms with van der Waals surface area (Å²) in [5.74, 6) is -0.130. The molecular weight excluding hydrogens is 309 g/mol. The number of amides is 1. The summed E-state index contributed by atoms with van der Waals surface area (Å²) in [7, 11) is 0. The fraction of sp³-hybridized carbons (Fsp3) is 0.400. The lowest BCUT2D eigenvalue weighted by molar-refractivity contribution is -0.117. The fourth-order valence-electron chi connectivity index (χ4n) is 2.13. The van der Waals surface area contributed by atoms with E-state index in [1.54, 1.807) is 0 Å². The number of fused-ring (bicyclic) bond motifs is 1. The second kappa shape index (κ2) is 8.93. The Bertz CT molecular complexity index is 583. The third-order valence-electron chi connectivity index (χ3n) is 3.28. The van der Waals surface area contributed by atoms with Crippen molar-refractivity contribution in [2.24, 2.45) is 5.73 Å². The minimum Gasteiger partial charge on any atom is -0.347 e. The quantitative estimate of drug-likeness (QED) is 0.879. The summed E-state index contributed by atoms with van der Waals surface area (Å²) < 4.78 is 2.22. The molecule has 1 aromatic carbocycles. The number of benzene rings is 1. The summed E-state index contributed by atoms with van der Waals surface area (Å²) in [4.78, 5) is 11.7. The highest BCUT2D eigenvalue weighted by Crippen LogP contribution is 2.21. The molecule has 118 valence electrons. The normalized spacial score (nSPS) is 11.4. The van der Waals surface area contributed by atoms with E-state index < -0.39 is 6.04 Å². The van der Waals surface area contributed by atoms with E-state index in [1.807, 2.05) is 25.1 Å². The largest absolute Gasteiger partial charge is 0.347 e. The maximum absolute atomic E-state index is 11.7. The molecule has 2 aromatic rings. The standard InChI is InChI=1S/C15H21N3O.2ClH/c1-3-8-18-9-7-11-10-12(5-6-14(11)18)17-15(19)13(16)4-2;;/h5-7,9-10,13H,3-4,8,16H2,1-2H3,(H,17,19);2*1H/t13-;;/m0../s1. The number of nitrogens with two attached hydrogens (primary N) is 1. The highest BCUT2D eigenvalue weighted by Gasteiger charge is 2.11. The van der Waals surface area contributed by atoms with Gasteiger partial charge in [-0.3, -0.25) is 4.79 Å². The number of aryl methyl sites for hydroxylation is 1. The van der Waals surface area contributed by atoms with Crippen LogP contribution >= 0.6 is 24.8 Å². The van der Waals surface area contributed by atoms with Crippen molar-refractivity contribution in [3.63, 3.8) is 0 Å². The third-order valence-corrected chi connectivity index (χ3v) is 3.28. The molecule has 0 spiro atoms. The Kier molecular flexibility index (Phi) is 8.40. The van der Waals surface area contributed by atoms with E-state index in [4.69, 9.17) is 5.73 Å². The number of nitrogens with zero attached hydrogens (tertiary/aromatic N) is 1. The summed E-state index contributed by atoms with van der Waals surface area (Å²) in [5, 5.41) is 3.99. The van der Waals surface area contributed by atoms with Gasteiger partial charge in [-0.05, 0) is 37.1 Å². The van der Waals surface area contributed by atoms with Crippen LogP contribution in [0.5, 0.6) is 0 Å². The van der Waals surface area contributed by atoms with E-state index in [0.717, 1.165) is 24.0 Å². The molecule has 0 unspecified atom stereocenters. The van der Waals surface area contributed by atoms with Gasteiger partial charge < -0.3 is 15.6 Å². The van der Waals surface area contributed by atoms with Gasteiger partial charge in [-0.1, -0.05) is 13.8 Å². The maximum atomic E-state index is 11.7. The van der Waals surface area contributed by atoms with E-state index in [1.165, 1.54) is 5.52 Å². The van der Waals surface area contributed by atoms with Gasteiger partial charge in [-0.2, -0.15) is 0 Å². The van der Waals surface area contributed by atoms with Gasteiger partial charge in [0.25, 0.3) is 0 Å². The fourth-order valence-corrected chi connectivity index (χ4v) is 2.13. The van der Waals surface area contributed by atoms with Gasteiger partial charge in [0, 0.05) is 29.3 Å². The molecule has 0 saturated carbocycles. The smallest absolute Gasteiger partial charge is 0.241 e. The molecule has 6 heteroatoms. The first-order valence-corrected chi connectivity index (χ1v) is 6.81. The Hall–Kier alpha value is -1.23. The van der Waals surface area contributed by atoms with Gasteiger partial charge in [0.15, 0.2) is 0 Å². The van der Waals surface area contributed by atoms with Crippen molar-refractivity contribution in [3.8, 4) is 0 Å². The zero-order chi connectivity index (χ0) is 13.8. The first-order valence-electron chi connectivity index (χ1n) is 6.81. The number of hydrogen-bond donors (Lipinski definition) is 2. The molecule has 0 bridgehead atoms. The average Bonchev–Trinajstić information content (AvgIpc) is 2.81. The highest BCUT2D eigenvalue weighted by atomic mass is 35.5. The Balaban J connectivity index is 0.00000200.